The van der Waals surface area contributed by atoms with Gasteiger partial charge in [-0.3, -0.25) is 0 Å². The molecule has 0 spiro atoms. The smallest absolute Gasteiger partial charge is 0.0531 e. The zero-order valence-corrected chi connectivity index (χ0v) is 8.53. The summed E-state index contributed by atoms with van der Waals surface area (Å²) in [5.74, 6) is 0. The lowest BCUT2D eigenvalue weighted by atomic mass is 9.95. The van der Waals surface area contributed by atoms with Crippen molar-refractivity contribution in [2.24, 2.45) is 0 Å². The fourth-order valence-corrected chi connectivity index (χ4v) is 2.09. The van der Waals surface area contributed by atoms with Crippen molar-refractivity contribution in [3.05, 3.63) is 29.8 Å². The number of benzene rings is 1. The number of hydrogen-bond donors (Lipinski definition) is 2. The summed E-state index contributed by atoms with van der Waals surface area (Å²) in [6, 6.07) is 8.85. The molecule has 1 aliphatic heterocycles. The minimum absolute atomic E-state index is 0.210. The van der Waals surface area contributed by atoms with Gasteiger partial charge >= 0.3 is 0 Å². The summed E-state index contributed by atoms with van der Waals surface area (Å²) in [5.41, 5.74) is 2.64. The average Bonchev–Trinajstić information content (AvgIpc) is 2.17. The number of nitrogens with one attached hydrogen (secondary N) is 1. The van der Waals surface area contributed by atoms with Gasteiger partial charge in [0.05, 0.1) is 6.10 Å². The van der Waals surface area contributed by atoms with Crippen molar-refractivity contribution >= 4 is 5.69 Å². The number of aryl methyl sites for hydroxylation is 1. The van der Waals surface area contributed by atoms with Crippen LogP contribution in [0.4, 0.5) is 5.69 Å². The van der Waals surface area contributed by atoms with Crippen LogP contribution in [-0.2, 0) is 6.42 Å². The van der Waals surface area contributed by atoms with E-state index in [9.17, 15) is 5.11 Å². The Hall–Kier alpha value is -1.02. The van der Waals surface area contributed by atoms with Crippen molar-refractivity contribution in [2.75, 3.05) is 5.32 Å². The first-order valence-corrected chi connectivity index (χ1v) is 5.28. The lowest BCUT2D eigenvalue weighted by Crippen LogP contribution is -2.28. The van der Waals surface area contributed by atoms with Gasteiger partial charge in [0.25, 0.3) is 0 Å². The van der Waals surface area contributed by atoms with Gasteiger partial charge in [0, 0.05) is 11.7 Å². The average molecular weight is 191 g/mol. The number of hydrogen-bond acceptors (Lipinski definition) is 2. The Balaban J connectivity index is 2.06. The predicted molar refractivity (Wildman–Crippen MR) is 58.5 cm³/mol. The highest BCUT2D eigenvalue weighted by molar-refractivity contribution is 5.53. The molecule has 2 unspecified atom stereocenters. The van der Waals surface area contributed by atoms with Crippen LogP contribution in [0.25, 0.3) is 0 Å². The topological polar surface area (TPSA) is 32.3 Å². The van der Waals surface area contributed by atoms with Crippen LogP contribution in [0, 0.1) is 0 Å². The van der Waals surface area contributed by atoms with E-state index in [0.29, 0.717) is 6.04 Å². The maximum absolute atomic E-state index is 9.31. The second-order valence-electron chi connectivity index (χ2n) is 4.12. The first-order valence-electron chi connectivity index (χ1n) is 5.28. The molecule has 0 amide bonds. The minimum Gasteiger partial charge on any atom is -0.393 e. The van der Waals surface area contributed by atoms with Gasteiger partial charge < -0.3 is 10.4 Å². The molecule has 2 rings (SSSR count). The summed E-state index contributed by atoms with van der Waals surface area (Å²) in [7, 11) is 0. The summed E-state index contributed by atoms with van der Waals surface area (Å²) < 4.78 is 0. The van der Waals surface area contributed by atoms with Crippen LogP contribution in [0.2, 0.25) is 0 Å². The van der Waals surface area contributed by atoms with Gasteiger partial charge in [-0.25, -0.2) is 0 Å². The molecule has 1 aromatic carbocycles. The fraction of sp³-hybridized carbons (Fsp3) is 0.500. The summed E-state index contributed by atoms with van der Waals surface area (Å²) in [6.07, 6.45) is 2.88. The van der Waals surface area contributed by atoms with Gasteiger partial charge in [0.1, 0.15) is 0 Å². The number of fused-ring (bicyclic) bond motifs is 1. The van der Waals surface area contributed by atoms with E-state index in [1.165, 1.54) is 11.3 Å². The van der Waals surface area contributed by atoms with Crippen LogP contribution in [-0.4, -0.2) is 17.3 Å². The van der Waals surface area contributed by atoms with Crippen LogP contribution >= 0.6 is 0 Å². The third kappa shape index (κ3) is 2.07. The third-order valence-electron chi connectivity index (χ3n) is 2.76. The number of rotatable bonds is 2. The number of para-hydroxylation sites is 1. The Kier molecular flexibility index (Phi) is 2.73. The Morgan fingerprint density at radius 2 is 2.29 bits per heavy atom. The number of aliphatic hydroxyl groups is 1. The molecule has 2 heteroatoms. The van der Waals surface area contributed by atoms with E-state index in [0.717, 1.165) is 19.3 Å². The first-order chi connectivity index (χ1) is 6.75. The highest BCUT2D eigenvalue weighted by Crippen LogP contribution is 2.25. The van der Waals surface area contributed by atoms with E-state index in [4.69, 9.17) is 0 Å². The lowest BCUT2D eigenvalue weighted by Gasteiger charge is -2.27. The molecule has 0 saturated heterocycles. The molecule has 14 heavy (non-hydrogen) atoms. The summed E-state index contributed by atoms with van der Waals surface area (Å²) in [6.45, 7) is 1.85. The lowest BCUT2D eigenvalue weighted by molar-refractivity contribution is 0.175. The largest absolute Gasteiger partial charge is 0.393 e. The Labute approximate surface area is 85.0 Å². The zero-order chi connectivity index (χ0) is 9.97. The van der Waals surface area contributed by atoms with E-state index in [2.05, 4.69) is 29.6 Å². The second kappa shape index (κ2) is 4.01. The second-order valence-corrected chi connectivity index (χ2v) is 4.12. The van der Waals surface area contributed by atoms with Crippen molar-refractivity contribution in [1.82, 2.24) is 0 Å². The summed E-state index contributed by atoms with van der Waals surface area (Å²) in [4.78, 5) is 0. The van der Waals surface area contributed by atoms with E-state index < -0.39 is 0 Å². The molecule has 2 N–H and O–H groups in total. The molecular weight excluding hydrogens is 174 g/mol. The highest BCUT2D eigenvalue weighted by Gasteiger charge is 2.18. The van der Waals surface area contributed by atoms with Gasteiger partial charge in [0.15, 0.2) is 0 Å². The van der Waals surface area contributed by atoms with Crippen molar-refractivity contribution in [3.8, 4) is 0 Å². The standard InChI is InChI=1S/C12H17NO/c1-9(14)8-11-7-6-10-4-2-3-5-12(10)13-11/h2-5,9,11,13-14H,6-8H2,1H3. The minimum atomic E-state index is -0.210. The van der Waals surface area contributed by atoms with E-state index >= 15 is 0 Å². The van der Waals surface area contributed by atoms with Crippen LogP contribution in [0.5, 0.6) is 0 Å². The van der Waals surface area contributed by atoms with Crippen molar-refractivity contribution in [1.29, 1.82) is 0 Å². The molecule has 0 aliphatic carbocycles. The Morgan fingerprint density at radius 3 is 3.07 bits per heavy atom. The Morgan fingerprint density at radius 1 is 1.50 bits per heavy atom. The zero-order valence-electron chi connectivity index (χ0n) is 8.53. The number of anilines is 1. The SMILES string of the molecule is CC(O)CC1CCc2ccccc2N1. The predicted octanol–water partition coefficient (Wildman–Crippen LogP) is 2.18. The molecule has 1 aliphatic rings. The molecule has 0 bridgehead atoms. The van der Waals surface area contributed by atoms with Crippen molar-refractivity contribution in [2.45, 2.75) is 38.3 Å². The van der Waals surface area contributed by atoms with E-state index in [1.54, 1.807) is 0 Å². The van der Waals surface area contributed by atoms with Gasteiger partial charge in [-0.05, 0) is 37.8 Å². The highest BCUT2D eigenvalue weighted by atomic mass is 16.3. The molecule has 1 heterocycles. The van der Waals surface area contributed by atoms with Crippen molar-refractivity contribution in [3.63, 3.8) is 0 Å². The Bertz CT molecular complexity index is 309. The third-order valence-corrected chi connectivity index (χ3v) is 2.76. The molecule has 0 saturated carbocycles. The monoisotopic (exact) mass is 191 g/mol. The van der Waals surface area contributed by atoms with E-state index in [-0.39, 0.29) is 6.10 Å². The van der Waals surface area contributed by atoms with Gasteiger partial charge in [0.2, 0.25) is 0 Å². The first kappa shape index (κ1) is 9.53. The molecule has 76 valence electrons. The summed E-state index contributed by atoms with van der Waals surface area (Å²) in [5, 5.41) is 12.8. The fourth-order valence-electron chi connectivity index (χ4n) is 2.09. The normalized spacial score (nSPS) is 22.3. The molecule has 1 aromatic rings. The quantitative estimate of drug-likeness (QED) is 0.751. The maximum atomic E-state index is 9.31. The van der Waals surface area contributed by atoms with Gasteiger partial charge in [-0.2, -0.15) is 0 Å². The van der Waals surface area contributed by atoms with Crippen LogP contribution in [0.3, 0.4) is 0 Å². The van der Waals surface area contributed by atoms with Gasteiger partial charge in [-0.1, -0.05) is 18.2 Å². The molecule has 2 atom stereocenters. The molecule has 0 aromatic heterocycles. The van der Waals surface area contributed by atoms with Crippen LogP contribution in [0.1, 0.15) is 25.3 Å². The molecule has 2 nitrogen and oxygen atoms in total. The summed E-state index contributed by atoms with van der Waals surface area (Å²) >= 11 is 0. The van der Waals surface area contributed by atoms with Crippen LogP contribution < -0.4 is 5.32 Å². The van der Waals surface area contributed by atoms with E-state index in [1.807, 2.05) is 6.92 Å². The number of aliphatic hydroxyl groups excluding tert-OH is 1. The molecule has 0 radical (unpaired) electrons. The maximum Gasteiger partial charge on any atom is 0.0531 e. The molecule has 0 fully saturated rings. The van der Waals surface area contributed by atoms with Gasteiger partial charge in [-0.15, -0.1) is 0 Å². The molecular formula is C12H17NO. The van der Waals surface area contributed by atoms with Crippen molar-refractivity contribution < 1.29 is 5.11 Å². The van der Waals surface area contributed by atoms with Crippen LogP contribution in [0.15, 0.2) is 24.3 Å².